The normalized spacial score (nSPS) is 14.3. The molecule has 0 spiro atoms. The Labute approximate surface area is 247 Å². The topological polar surface area (TPSA) is 74.8 Å². The molecule has 3 aromatic rings. The van der Waals surface area contributed by atoms with E-state index >= 15 is 0 Å². The monoisotopic (exact) mass is 600 g/mol. The number of hydrogen-bond donors (Lipinski definition) is 1. The standard InChI is InChI=1S/C30H38Cl2N4O3Si/c1-17(2)40(18(3)4,19(5)6)39-21-14-23(31)26(24(32)15-21)29(37)34-25-11-9-10-22-27(25)33-16-20(7)28(22)36-13-12-35(8)30(36)38/h9-11,14-19H,12-13H2,1-8H3,(H,34,37). The third kappa shape index (κ3) is 5.29. The second-order valence-electron chi connectivity index (χ2n) is 11.5. The summed E-state index contributed by atoms with van der Waals surface area (Å²) >= 11 is 13.3. The van der Waals surface area contributed by atoms with Crippen LogP contribution in [0.15, 0.2) is 36.5 Å². The van der Waals surface area contributed by atoms with Crippen LogP contribution in [-0.2, 0) is 0 Å². The minimum absolute atomic E-state index is 0.0645. The number of rotatable bonds is 8. The van der Waals surface area contributed by atoms with E-state index < -0.39 is 14.2 Å². The molecule has 3 amide bonds. The van der Waals surface area contributed by atoms with Gasteiger partial charge in [-0.1, -0.05) is 76.9 Å². The molecule has 1 fully saturated rings. The van der Waals surface area contributed by atoms with Crippen molar-refractivity contribution in [3.63, 3.8) is 0 Å². The first-order chi connectivity index (χ1) is 18.8. The van der Waals surface area contributed by atoms with E-state index in [-0.39, 0.29) is 21.6 Å². The van der Waals surface area contributed by atoms with Crippen LogP contribution in [0.3, 0.4) is 0 Å². The molecule has 1 aliphatic rings. The van der Waals surface area contributed by atoms with Crippen molar-refractivity contribution >= 4 is 65.7 Å². The molecule has 1 aliphatic heterocycles. The van der Waals surface area contributed by atoms with Crippen LogP contribution in [0.5, 0.6) is 5.75 Å². The van der Waals surface area contributed by atoms with Gasteiger partial charge < -0.3 is 14.6 Å². The second-order valence-corrected chi connectivity index (χ2v) is 17.7. The summed E-state index contributed by atoms with van der Waals surface area (Å²) in [7, 11) is -0.453. The predicted molar refractivity (Wildman–Crippen MR) is 168 cm³/mol. The van der Waals surface area contributed by atoms with Gasteiger partial charge in [0.2, 0.25) is 0 Å². The minimum atomic E-state index is -2.24. The molecular weight excluding hydrogens is 563 g/mol. The first-order valence-electron chi connectivity index (χ1n) is 13.7. The Balaban J connectivity index is 1.68. The SMILES string of the molecule is Cc1cnc2c(NC(=O)c3c(Cl)cc(O[Si](C(C)C)(C(C)C)C(C)C)cc3Cl)cccc2c1N1CCN(C)C1=O. The zero-order valence-electron chi connectivity index (χ0n) is 24.4. The summed E-state index contributed by atoms with van der Waals surface area (Å²) in [4.78, 5) is 34.3. The first-order valence-corrected chi connectivity index (χ1v) is 16.6. The van der Waals surface area contributed by atoms with E-state index in [1.807, 2.05) is 19.1 Å². The Hall–Kier alpha value is -2.81. The van der Waals surface area contributed by atoms with Crippen molar-refractivity contribution in [3.05, 3.63) is 57.7 Å². The number of hydrogen-bond acceptors (Lipinski definition) is 4. The fourth-order valence-corrected chi connectivity index (χ4v) is 12.1. The van der Waals surface area contributed by atoms with E-state index in [0.29, 0.717) is 46.7 Å². The highest BCUT2D eigenvalue weighted by molar-refractivity contribution is 6.78. The Morgan fingerprint density at radius 2 is 1.62 bits per heavy atom. The number of amides is 3. The summed E-state index contributed by atoms with van der Waals surface area (Å²) in [5.74, 6) is 0.136. The minimum Gasteiger partial charge on any atom is -0.543 e. The van der Waals surface area contributed by atoms with Gasteiger partial charge in [-0.2, -0.15) is 0 Å². The summed E-state index contributed by atoms with van der Waals surface area (Å²) in [6.45, 7) is 16.4. The molecule has 1 aromatic heterocycles. The third-order valence-corrected chi connectivity index (χ3v) is 14.6. The van der Waals surface area contributed by atoms with Gasteiger partial charge in [-0.05, 0) is 47.3 Å². The van der Waals surface area contributed by atoms with Crippen LogP contribution >= 0.6 is 23.2 Å². The zero-order chi connectivity index (χ0) is 29.5. The number of anilines is 2. The summed E-state index contributed by atoms with van der Waals surface area (Å²) < 4.78 is 6.74. The number of carbonyl (C=O) groups excluding carboxylic acids is 2. The molecule has 0 atom stereocenters. The Morgan fingerprint density at radius 3 is 2.15 bits per heavy atom. The van der Waals surface area contributed by atoms with Gasteiger partial charge in [-0.15, -0.1) is 0 Å². The van der Waals surface area contributed by atoms with Crippen molar-refractivity contribution in [1.82, 2.24) is 9.88 Å². The number of carbonyl (C=O) groups is 2. The van der Waals surface area contributed by atoms with Crippen molar-refractivity contribution in [2.45, 2.75) is 65.1 Å². The maximum Gasteiger partial charge on any atom is 0.324 e. The molecule has 0 aliphatic carbocycles. The Morgan fingerprint density at radius 1 is 1.02 bits per heavy atom. The number of nitrogens with zero attached hydrogens (tertiary/aromatic N) is 3. The quantitative estimate of drug-likeness (QED) is 0.263. The van der Waals surface area contributed by atoms with Gasteiger partial charge in [-0.3, -0.25) is 14.7 Å². The molecule has 10 heteroatoms. The number of nitrogens with one attached hydrogen (secondary N) is 1. The molecule has 2 aromatic carbocycles. The van der Waals surface area contributed by atoms with Gasteiger partial charge >= 0.3 is 6.03 Å². The second kappa shape index (κ2) is 11.6. The first kappa shape index (κ1) is 30.2. The van der Waals surface area contributed by atoms with Crippen LogP contribution in [0, 0.1) is 6.92 Å². The van der Waals surface area contributed by atoms with E-state index in [1.165, 1.54) is 0 Å². The van der Waals surface area contributed by atoms with Gasteiger partial charge in [0, 0.05) is 31.7 Å². The molecule has 2 heterocycles. The van der Waals surface area contributed by atoms with Gasteiger partial charge in [-0.25, -0.2) is 4.79 Å². The number of pyridine rings is 1. The van der Waals surface area contributed by atoms with Crippen LogP contribution in [-0.4, -0.2) is 50.3 Å². The molecule has 40 heavy (non-hydrogen) atoms. The lowest BCUT2D eigenvalue weighted by atomic mass is 10.1. The predicted octanol–water partition coefficient (Wildman–Crippen LogP) is 8.53. The number of halogens is 2. The van der Waals surface area contributed by atoms with Gasteiger partial charge in [0.25, 0.3) is 14.2 Å². The third-order valence-electron chi connectivity index (χ3n) is 8.03. The number of fused-ring (bicyclic) bond motifs is 1. The van der Waals surface area contributed by atoms with Crippen LogP contribution in [0.2, 0.25) is 26.7 Å². The van der Waals surface area contributed by atoms with E-state index in [2.05, 4.69) is 51.8 Å². The summed E-state index contributed by atoms with van der Waals surface area (Å²) in [5, 5.41) is 4.16. The molecule has 214 valence electrons. The van der Waals surface area contributed by atoms with E-state index in [1.54, 1.807) is 41.2 Å². The molecule has 0 saturated carbocycles. The summed E-state index contributed by atoms with van der Waals surface area (Å²) in [6, 6.07) is 8.83. The van der Waals surface area contributed by atoms with Crippen LogP contribution in [0.25, 0.3) is 10.9 Å². The number of benzene rings is 2. The largest absolute Gasteiger partial charge is 0.543 e. The van der Waals surface area contributed by atoms with Crippen LogP contribution in [0.4, 0.5) is 16.2 Å². The highest BCUT2D eigenvalue weighted by Gasteiger charge is 2.47. The Bertz CT molecular complexity index is 1420. The molecule has 0 bridgehead atoms. The highest BCUT2D eigenvalue weighted by Crippen LogP contribution is 2.44. The van der Waals surface area contributed by atoms with Crippen LogP contribution in [0.1, 0.15) is 57.5 Å². The average molecular weight is 602 g/mol. The van der Waals surface area contributed by atoms with Gasteiger partial charge in [0.1, 0.15) is 5.75 Å². The Kier molecular flexibility index (Phi) is 8.73. The summed E-state index contributed by atoms with van der Waals surface area (Å²) in [6.07, 6.45) is 1.72. The molecule has 7 nitrogen and oxygen atoms in total. The zero-order valence-corrected chi connectivity index (χ0v) is 26.9. The molecule has 1 saturated heterocycles. The molecule has 4 rings (SSSR count). The van der Waals surface area contributed by atoms with Crippen LogP contribution < -0.4 is 14.6 Å². The lowest BCUT2D eigenvalue weighted by Crippen LogP contribution is -2.50. The molecule has 0 radical (unpaired) electrons. The lowest BCUT2D eigenvalue weighted by Gasteiger charge is -2.42. The number of urea groups is 1. The fourth-order valence-electron chi connectivity index (χ4n) is 6.19. The van der Waals surface area contributed by atoms with Crippen molar-refractivity contribution in [2.24, 2.45) is 0 Å². The van der Waals surface area contributed by atoms with Crippen molar-refractivity contribution < 1.29 is 14.0 Å². The van der Waals surface area contributed by atoms with Gasteiger partial charge in [0.05, 0.1) is 32.5 Å². The highest BCUT2D eigenvalue weighted by atomic mass is 35.5. The lowest BCUT2D eigenvalue weighted by molar-refractivity contribution is 0.102. The fraction of sp³-hybridized carbons (Fsp3) is 0.433. The average Bonchev–Trinajstić information content (AvgIpc) is 3.19. The van der Waals surface area contributed by atoms with Crippen molar-refractivity contribution in [1.29, 1.82) is 0 Å². The van der Waals surface area contributed by atoms with E-state index in [9.17, 15) is 9.59 Å². The number of para-hydroxylation sites is 1. The number of likely N-dealkylation sites (N-methyl/N-ethyl adjacent to an activating group) is 1. The van der Waals surface area contributed by atoms with E-state index in [4.69, 9.17) is 27.6 Å². The van der Waals surface area contributed by atoms with E-state index in [0.717, 1.165) is 16.6 Å². The smallest absolute Gasteiger partial charge is 0.324 e. The molecule has 1 N–H and O–H groups in total. The number of aromatic nitrogens is 1. The van der Waals surface area contributed by atoms with Gasteiger partial charge in [0.15, 0.2) is 0 Å². The number of aryl methyl sites for hydroxylation is 1. The van der Waals surface area contributed by atoms with Crippen molar-refractivity contribution in [3.8, 4) is 5.75 Å². The molecular formula is C30H38Cl2N4O3Si. The van der Waals surface area contributed by atoms with Crippen molar-refractivity contribution in [2.75, 3.05) is 30.4 Å². The maximum atomic E-state index is 13.5. The molecule has 0 unspecified atom stereocenters. The maximum absolute atomic E-state index is 13.5. The summed E-state index contributed by atoms with van der Waals surface area (Å²) in [5.41, 5.74) is 4.04.